The molecule has 0 aromatic heterocycles. The molecule has 0 heterocycles. The molecular weight excluding hydrogens is 659 g/mol. The highest BCUT2D eigenvalue weighted by atomic mass is 16.5. The molecule has 308 valence electrons. The fourth-order valence-corrected chi connectivity index (χ4v) is 6.62. The van der Waals surface area contributed by atoms with Crippen LogP contribution in [0.15, 0.2) is 48.6 Å². The van der Waals surface area contributed by atoms with E-state index >= 15 is 0 Å². The third-order valence-corrected chi connectivity index (χ3v) is 10.0. The fraction of sp³-hybridized carbons (Fsp3) is 0.787. The van der Waals surface area contributed by atoms with Gasteiger partial charge in [0.1, 0.15) is 6.10 Å². The molecule has 0 spiro atoms. The number of carbonyl (C=O) groups is 2. The van der Waals surface area contributed by atoms with Crippen LogP contribution in [0, 0.1) is 0 Å². The predicted octanol–water partition coefficient (Wildman–Crippen LogP) is 12.7. The summed E-state index contributed by atoms with van der Waals surface area (Å²) in [7, 11) is 0. The van der Waals surface area contributed by atoms with E-state index in [1.165, 1.54) is 96.3 Å². The summed E-state index contributed by atoms with van der Waals surface area (Å²) >= 11 is 0. The first-order chi connectivity index (χ1) is 26.0. The first kappa shape index (κ1) is 50.8. The molecule has 6 nitrogen and oxygen atoms in total. The van der Waals surface area contributed by atoms with Gasteiger partial charge in [-0.05, 0) is 44.9 Å². The molecule has 0 saturated carbocycles. The molecule has 1 amide bonds. The lowest BCUT2D eigenvalue weighted by Crippen LogP contribution is -2.46. The van der Waals surface area contributed by atoms with Crippen molar-refractivity contribution in [3.05, 3.63) is 48.6 Å². The van der Waals surface area contributed by atoms with Crippen LogP contribution in [0.1, 0.15) is 213 Å². The molecule has 3 atom stereocenters. The van der Waals surface area contributed by atoms with Crippen molar-refractivity contribution in [3.63, 3.8) is 0 Å². The molecule has 0 aliphatic rings. The summed E-state index contributed by atoms with van der Waals surface area (Å²) in [6.45, 7) is 6.29. The van der Waals surface area contributed by atoms with Crippen molar-refractivity contribution in [1.82, 2.24) is 5.32 Å². The van der Waals surface area contributed by atoms with Gasteiger partial charge in [0.05, 0.1) is 25.2 Å². The van der Waals surface area contributed by atoms with Gasteiger partial charge in [0.2, 0.25) is 5.91 Å². The summed E-state index contributed by atoms with van der Waals surface area (Å²) in [5.74, 6) is -0.523. The first-order valence-electron chi connectivity index (χ1n) is 22.4. The lowest BCUT2D eigenvalue weighted by Gasteiger charge is -2.24. The predicted molar refractivity (Wildman–Crippen MR) is 227 cm³/mol. The van der Waals surface area contributed by atoms with Crippen LogP contribution < -0.4 is 5.32 Å². The topological polar surface area (TPSA) is 95.9 Å². The van der Waals surface area contributed by atoms with Gasteiger partial charge in [-0.25, -0.2) is 0 Å². The van der Waals surface area contributed by atoms with E-state index in [-0.39, 0.29) is 24.9 Å². The van der Waals surface area contributed by atoms with E-state index in [0.29, 0.717) is 19.3 Å². The Bertz CT molecular complexity index is 926. The standard InChI is InChI=1S/C47H85NO5/c1-4-7-10-13-16-19-21-23-25-27-30-33-36-39-45(50)44(42-49)48-46(51)41-43(38-35-32-29-18-15-12-9-6-3)53-47(52)40-37-34-31-28-26-24-22-20-17-14-11-8-5-2/h8,11,14,17,20,22,24,26,43-45,49-50H,4-7,9-10,12-13,15-16,18-19,21,23,25,27-42H2,1-3H3,(H,48,51)/b11-8+,17-14+,22-20-,26-24-. The summed E-state index contributed by atoms with van der Waals surface area (Å²) < 4.78 is 5.86. The number of esters is 1. The van der Waals surface area contributed by atoms with Crippen molar-refractivity contribution in [3.8, 4) is 0 Å². The smallest absolute Gasteiger partial charge is 0.306 e. The highest BCUT2D eigenvalue weighted by Crippen LogP contribution is 2.17. The van der Waals surface area contributed by atoms with Crippen LogP contribution in [-0.2, 0) is 14.3 Å². The monoisotopic (exact) mass is 744 g/mol. The highest BCUT2D eigenvalue weighted by Gasteiger charge is 2.24. The van der Waals surface area contributed by atoms with Crippen molar-refractivity contribution in [2.75, 3.05) is 6.61 Å². The maximum absolute atomic E-state index is 13.1. The Kier molecular flexibility index (Phi) is 39.3. The number of rotatable bonds is 39. The quantitative estimate of drug-likeness (QED) is 0.0331. The second kappa shape index (κ2) is 41.0. The molecule has 0 rings (SSSR count). The molecule has 53 heavy (non-hydrogen) atoms. The second-order valence-corrected chi connectivity index (χ2v) is 15.2. The second-order valence-electron chi connectivity index (χ2n) is 15.2. The minimum atomic E-state index is -0.791. The maximum Gasteiger partial charge on any atom is 0.306 e. The third-order valence-electron chi connectivity index (χ3n) is 10.0. The number of unbranched alkanes of at least 4 members (excludes halogenated alkanes) is 22. The van der Waals surface area contributed by atoms with E-state index in [4.69, 9.17) is 4.74 Å². The number of aliphatic hydroxyl groups is 2. The Morgan fingerprint density at radius 3 is 1.53 bits per heavy atom. The summed E-state index contributed by atoms with van der Waals surface area (Å²) in [6, 6.07) is -0.705. The first-order valence-corrected chi connectivity index (χ1v) is 22.4. The van der Waals surface area contributed by atoms with Gasteiger partial charge in [-0.3, -0.25) is 9.59 Å². The SMILES string of the molecule is CC/C=C/C=C/C=C\C=C/CCCCCC(=O)OC(CCCCCCCCCC)CC(=O)NC(CO)C(O)CCCCCCCCCCCCCCC. The largest absolute Gasteiger partial charge is 0.462 e. The molecule has 0 aromatic rings. The summed E-state index contributed by atoms with van der Waals surface area (Å²) in [5, 5.41) is 23.6. The van der Waals surface area contributed by atoms with Gasteiger partial charge in [-0.1, -0.05) is 204 Å². The van der Waals surface area contributed by atoms with Crippen LogP contribution in [0.5, 0.6) is 0 Å². The zero-order chi connectivity index (χ0) is 38.9. The number of nitrogens with one attached hydrogen (secondary N) is 1. The maximum atomic E-state index is 13.1. The van der Waals surface area contributed by atoms with Crippen molar-refractivity contribution >= 4 is 11.9 Å². The number of carbonyl (C=O) groups excluding carboxylic acids is 2. The normalized spacial score (nSPS) is 13.8. The van der Waals surface area contributed by atoms with Crippen LogP contribution in [0.25, 0.3) is 0 Å². The van der Waals surface area contributed by atoms with Crippen LogP contribution in [0.4, 0.5) is 0 Å². The van der Waals surface area contributed by atoms with E-state index in [1.54, 1.807) is 0 Å². The molecular formula is C47H85NO5. The van der Waals surface area contributed by atoms with Crippen molar-refractivity contribution in [1.29, 1.82) is 0 Å². The number of aliphatic hydroxyl groups excluding tert-OH is 2. The highest BCUT2D eigenvalue weighted by molar-refractivity contribution is 5.77. The number of amides is 1. The zero-order valence-corrected chi connectivity index (χ0v) is 34.9. The van der Waals surface area contributed by atoms with Crippen LogP contribution in [-0.4, -0.2) is 46.9 Å². The van der Waals surface area contributed by atoms with E-state index in [9.17, 15) is 19.8 Å². The third kappa shape index (κ3) is 36.6. The van der Waals surface area contributed by atoms with E-state index in [0.717, 1.165) is 70.6 Å². The summed E-state index contributed by atoms with van der Waals surface area (Å²) in [6.07, 6.45) is 47.4. The zero-order valence-electron chi connectivity index (χ0n) is 34.9. The fourth-order valence-electron chi connectivity index (χ4n) is 6.62. The Morgan fingerprint density at radius 2 is 1.02 bits per heavy atom. The Hall–Kier alpha value is -2.18. The number of allylic oxidation sites excluding steroid dienone is 8. The molecule has 0 bridgehead atoms. The molecule has 3 N–H and O–H groups in total. The van der Waals surface area contributed by atoms with Crippen LogP contribution in [0.3, 0.4) is 0 Å². The van der Waals surface area contributed by atoms with Gasteiger partial charge >= 0.3 is 5.97 Å². The Balaban J connectivity index is 4.55. The minimum Gasteiger partial charge on any atom is -0.462 e. The van der Waals surface area contributed by atoms with Gasteiger partial charge in [0.15, 0.2) is 0 Å². The van der Waals surface area contributed by atoms with E-state index < -0.39 is 18.2 Å². The van der Waals surface area contributed by atoms with Crippen molar-refractivity contribution < 1.29 is 24.5 Å². The van der Waals surface area contributed by atoms with Gasteiger partial charge in [0, 0.05) is 6.42 Å². The summed E-state index contributed by atoms with van der Waals surface area (Å²) in [4.78, 5) is 25.9. The molecule has 0 fully saturated rings. The van der Waals surface area contributed by atoms with E-state index in [2.05, 4.69) is 44.3 Å². The number of hydrogen-bond donors (Lipinski definition) is 3. The molecule has 0 aromatic carbocycles. The lowest BCUT2D eigenvalue weighted by molar-refractivity contribution is -0.151. The number of hydrogen-bond acceptors (Lipinski definition) is 5. The molecule has 6 heteroatoms. The van der Waals surface area contributed by atoms with Gasteiger partial charge in [0.25, 0.3) is 0 Å². The molecule has 0 aliphatic heterocycles. The molecule has 3 unspecified atom stereocenters. The average Bonchev–Trinajstić information content (AvgIpc) is 3.15. The Labute approximate surface area is 327 Å². The molecule has 0 radical (unpaired) electrons. The average molecular weight is 744 g/mol. The number of ether oxygens (including phenoxy) is 1. The minimum absolute atomic E-state index is 0.0621. The molecule has 0 aliphatic carbocycles. The van der Waals surface area contributed by atoms with Crippen LogP contribution in [0.2, 0.25) is 0 Å². The van der Waals surface area contributed by atoms with Crippen molar-refractivity contribution in [2.45, 2.75) is 232 Å². The van der Waals surface area contributed by atoms with Crippen LogP contribution >= 0.6 is 0 Å². The van der Waals surface area contributed by atoms with Crippen molar-refractivity contribution in [2.24, 2.45) is 0 Å². The Morgan fingerprint density at radius 1 is 0.566 bits per heavy atom. The van der Waals surface area contributed by atoms with E-state index in [1.807, 2.05) is 30.4 Å². The van der Waals surface area contributed by atoms with Gasteiger partial charge in [-0.2, -0.15) is 0 Å². The lowest BCUT2D eigenvalue weighted by atomic mass is 10.0. The summed E-state index contributed by atoms with van der Waals surface area (Å²) in [5.41, 5.74) is 0. The van der Waals surface area contributed by atoms with Gasteiger partial charge < -0.3 is 20.3 Å². The van der Waals surface area contributed by atoms with Gasteiger partial charge in [-0.15, -0.1) is 0 Å². The molecule has 0 saturated heterocycles.